The van der Waals surface area contributed by atoms with Crippen molar-refractivity contribution in [2.24, 2.45) is 0 Å². The van der Waals surface area contributed by atoms with Gasteiger partial charge in [-0.25, -0.2) is 0 Å². The molecule has 1 N–H and O–H groups in total. The van der Waals surface area contributed by atoms with Crippen LogP contribution in [0.2, 0.25) is 0 Å². The van der Waals surface area contributed by atoms with Crippen molar-refractivity contribution in [3.8, 4) is 5.75 Å². The number of rotatable bonds is 5. The van der Waals surface area contributed by atoms with Crippen molar-refractivity contribution in [2.75, 3.05) is 12.4 Å². The van der Waals surface area contributed by atoms with Gasteiger partial charge < -0.3 is 10.1 Å². The first-order chi connectivity index (χ1) is 11.0. The first kappa shape index (κ1) is 17.3. The minimum atomic E-state index is -0.156. The summed E-state index contributed by atoms with van der Waals surface area (Å²) in [4.78, 5) is 12.2. The fourth-order valence-corrected chi connectivity index (χ4v) is 2.75. The Labute approximate surface area is 145 Å². The van der Waals surface area contributed by atoms with Gasteiger partial charge in [-0.1, -0.05) is 41.1 Å². The SMILES string of the molecule is CCc1cccc(C)c1NC(=O)/C=C/c1cc(Br)ccc1OC. The molecule has 0 saturated carbocycles. The molecule has 0 aliphatic carbocycles. The van der Waals surface area contributed by atoms with Gasteiger partial charge in [0.05, 0.1) is 7.11 Å². The van der Waals surface area contributed by atoms with E-state index in [0.717, 1.165) is 39.0 Å². The number of hydrogen-bond acceptors (Lipinski definition) is 2. The molecule has 0 atom stereocenters. The van der Waals surface area contributed by atoms with Crippen LogP contribution >= 0.6 is 15.9 Å². The van der Waals surface area contributed by atoms with Crippen LogP contribution in [0.4, 0.5) is 5.69 Å². The number of hydrogen-bond donors (Lipinski definition) is 1. The van der Waals surface area contributed by atoms with Gasteiger partial charge in [-0.05, 0) is 48.7 Å². The molecule has 0 heterocycles. The van der Waals surface area contributed by atoms with Crippen LogP contribution in [0, 0.1) is 6.92 Å². The second kappa shape index (κ2) is 7.97. The molecule has 2 aromatic carbocycles. The molecule has 23 heavy (non-hydrogen) atoms. The van der Waals surface area contributed by atoms with Crippen molar-refractivity contribution < 1.29 is 9.53 Å². The molecule has 3 nitrogen and oxygen atoms in total. The van der Waals surface area contributed by atoms with Gasteiger partial charge in [0.15, 0.2) is 0 Å². The van der Waals surface area contributed by atoms with Gasteiger partial charge in [0.1, 0.15) is 5.75 Å². The van der Waals surface area contributed by atoms with Crippen molar-refractivity contribution in [1.29, 1.82) is 0 Å². The van der Waals surface area contributed by atoms with Crippen LogP contribution in [-0.2, 0) is 11.2 Å². The smallest absolute Gasteiger partial charge is 0.248 e. The van der Waals surface area contributed by atoms with Crippen LogP contribution in [-0.4, -0.2) is 13.0 Å². The normalized spacial score (nSPS) is 10.8. The fourth-order valence-electron chi connectivity index (χ4n) is 2.37. The minimum Gasteiger partial charge on any atom is -0.496 e. The zero-order valence-corrected chi connectivity index (χ0v) is 15.1. The number of carbonyl (C=O) groups excluding carboxylic acids is 1. The summed E-state index contributed by atoms with van der Waals surface area (Å²) >= 11 is 3.42. The second-order valence-electron chi connectivity index (χ2n) is 5.17. The largest absolute Gasteiger partial charge is 0.496 e. The zero-order chi connectivity index (χ0) is 16.8. The van der Waals surface area contributed by atoms with Crippen molar-refractivity contribution in [3.63, 3.8) is 0 Å². The number of benzene rings is 2. The van der Waals surface area contributed by atoms with E-state index in [0.29, 0.717) is 0 Å². The summed E-state index contributed by atoms with van der Waals surface area (Å²) in [5.41, 5.74) is 3.93. The van der Waals surface area contributed by atoms with Gasteiger partial charge in [-0.3, -0.25) is 4.79 Å². The molecule has 0 bridgehead atoms. The van der Waals surface area contributed by atoms with Gasteiger partial charge in [-0.2, -0.15) is 0 Å². The average molecular weight is 374 g/mol. The number of anilines is 1. The summed E-state index contributed by atoms with van der Waals surface area (Å²) in [5, 5.41) is 2.97. The molecule has 2 rings (SSSR count). The Bertz CT molecular complexity index is 738. The number of amides is 1. The summed E-state index contributed by atoms with van der Waals surface area (Å²) < 4.78 is 6.24. The highest BCUT2D eigenvalue weighted by Crippen LogP contribution is 2.24. The molecule has 0 fully saturated rings. The molecule has 0 saturated heterocycles. The summed E-state index contributed by atoms with van der Waals surface area (Å²) in [6, 6.07) is 11.7. The highest BCUT2D eigenvalue weighted by atomic mass is 79.9. The zero-order valence-electron chi connectivity index (χ0n) is 13.5. The first-order valence-corrected chi connectivity index (χ1v) is 8.25. The molecule has 1 amide bonds. The third kappa shape index (κ3) is 4.45. The van der Waals surface area contributed by atoms with Gasteiger partial charge in [-0.15, -0.1) is 0 Å². The lowest BCUT2D eigenvalue weighted by molar-refractivity contribution is -0.111. The number of para-hydroxylation sites is 1. The van der Waals surface area contributed by atoms with Crippen molar-refractivity contribution in [1.82, 2.24) is 0 Å². The molecule has 0 aliphatic heterocycles. The minimum absolute atomic E-state index is 0.156. The Hall–Kier alpha value is -2.07. The topological polar surface area (TPSA) is 38.3 Å². The van der Waals surface area contributed by atoms with E-state index in [1.807, 2.05) is 43.3 Å². The maximum Gasteiger partial charge on any atom is 0.248 e. The number of ether oxygens (including phenoxy) is 1. The lowest BCUT2D eigenvalue weighted by Gasteiger charge is -2.11. The van der Waals surface area contributed by atoms with E-state index in [9.17, 15) is 4.79 Å². The molecule has 4 heteroatoms. The maximum absolute atomic E-state index is 12.2. The number of carbonyl (C=O) groups is 1. The Kier molecular flexibility index (Phi) is 5.99. The molecular formula is C19H20BrNO2. The van der Waals surface area contributed by atoms with E-state index in [1.54, 1.807) is 13.2 Å². The van der Waals surface area contributed by atoms with Crippen molar-refractivity contribution in [3.05, 3.63) is 63.6 Å². The van der Waals surface area contributed by atoms with Gasteiger partial charge in [0, 0.05) is 21.8 Å². The van der Waals surface area contributed by atoms with E-state index < -0.39 is 0 Å². The van der Waals surface area contributed by atoms with E-state index in [1.165, 1.54) is 6.08 Å². The Morgan fingerprint density at radius 3 is 2.78 bits per heavy atom. The molecule has 0 aromatic heterocycles. The monoisotopic (exact) mass is 373 g/mol. The number of nitrogens with one attached hydrogen (secondary N) is 1. The maximum atomic E-state index is 12.2. The standard InChI is InChI=1S/C19H20BrNO2/c1-4-14-7-5-6-13(2)19(14)21-18(22)11-8-15-12-16(20)9-10-17(15)23-3/h5-12H,4H2,1-3H3,(H,21,22)/b11-8+. The summed E-state index contributed by atoms with van der Waals surface area (Å²) in [5.74, 6) is 0.568. The van der Waals surface area contributed by atoms with Crippen molar-refractivity contribution in [2.45, 2.75) is 20.3 Å². The Morgan fingerprint density at radius 1 is 1.30 bits per heavy atom. The molecule has 0 unspecified atom stereocenters. The van der Waals surface area contributed by atoms with E-state index in [2.05, 4.69) is 28.2 Å². The third-order valence-electron chi connectivity index (χ3n) is 3.59. The molecular weight excluding hydrogens is 354 g/mol. The predicted octanol–water partition coefficient (Wildman–Crippen LogP) is 4.98. The molecule has 120 valence electrons. The van der Waals surface area contributed by atoms with Gasteiger partial charge in [0.2, 0.25) is 5.91 Å². The Balaban J connectivity index is 2.19. The summed E-state index contributed by atoms with van der Waals surface area (Å²) in [7, 11) is 1.61. The van der Waals surface area contributed by atoms with Crippen molar-refractivity contribution >= 4 is 33.6 Å². The molecule has 2 aromatic rings. The molecule has 0 spiro atoms. The van der Waals surface area contributed by atoms with Crippen LogP contribution < -0.4 is 10.1 Å². The van der Waals surface area contributed by atoms with Crippen LogP contribution in [0.25, 0.3) is 6.08 Å². The molecule has 0 aliphatic rings. The quantitative estimate of drug-likeness (QED) is 0.750. The van der Waals surface area contributed by atoms with Crippen LogP contribution in [0.5, 0.6) is 5.75 Å². The fraction of sp³-hybridized carbons (Fsp3) is 0.211. The van der Waals surface area contributed by atoms with Crippen LogP contribution in [0.1, 0.15) is 23.6 Å². The lowest BCUT2D eigenvalue weighted by Crippen LogP contribution is -2.11. The lowest BCUT2D eigenvalue weighted by atomic mass is 10.1. The number of aryl methyl sites for hydroxylation is 2. The highest BCUT2D eigenvalue weighted by Gasteiger charge is 2.07. The van der Waals surface area contributed by atoms with E-state index in [-0.39, 0.29) is 5.91 Å². The average Bonchev–Trinajstić information content (AvgIpc) is 2.55. The van der Waals surface area contributed by atoms with Crippen LogP contribution in [0.15, 0.2) is 46.9 Å². The summed E-state index contributed by atoms with van der Waals surface area (Å²) in [6.07, 6.45) is 4.15. The predicted molar refractivity (Wildman–Crippen MR) is 98.9 cm³/mol. The number of halogens is 1. The van der Waals surface area contributed by atoms with Crippen LogP contribution in [0.3, 0.4) is 0 Å². The molecule has 0 radical (unpaired) electrons. The van der Waals surface area contributed by atoms with E-state index in [4.69, 9.17) is 4.74 Å². The van der Waals surface area contributed by atoms with Gasteiger partial charge >= 0.3 is 0 Å². The third-order valence-corrected chi connectivity index (χ3v) is 4.09. The summed E-state index contributed by atoms with van der Waals surface area (Å²) in [6.45, 7) is 4.07. The van der Waals surface area contributed by atoms with E-state index >= 15 is 0 Å². The second-order valence-corrected chi connectivity index (χ2v) is 6.09. The Morgan fingerprint density at radius 2 is 2.09 bits per heavy atom. The van der Waals surface area contributed by atoms with Gasteiger partial charge in [0.25, 0.3) is 0 Å². The highest BCUT2D eigenvalue weighted by molar-refractivity contribution is 9.10. The number of methoxy groups -OCH3 is 1. The first-order valence-electron chi connectivity index (χ1n) is 7.46.